The average molecular weight is 285 g/mol. The molecule has 0 spiro atoms. The fraction of sp³-hybridized carbons (Fsp3) is 0.235. The van der Waals surface area contributed by atoms with Gasteiger partial charge in [0.05, 0.1) is 12.3 Å². The Morgan fingerprint density at radius 3 is 2.33 bits per heavy atom. The summed E-state index contributed by atoms with van der Waals surface area (Å²) in [6, 6.07) is 15.1. The van der Waals surface area contributed by atoms with Gasteiger partial charge in [-0.1, -0.05) is 48.5 Å². The molecule has 110 valence electrons. The highest BCUT2D eigenvalue weighted by molar-refractivity contribution is 6.02. The highest BCUT2D eigenvalue weighted by atomic mass is 16.5. The Morgan fingerprint density at radius 2 is 1.71 bits per heavy atom. The molecule has 0 radical (unpaired) electrons. The number of benzene rings is 2. The summed E-state index contributed by atoms with van der Waals surface area (Å²) in [5.74, 6) is 0.693. The van der Waals surface area contributed by atoms with Crippen LogP contribution in [-0.4, -0.2) is 16.0 Å². The molecule has 0 saturated heterocycles. The van der Waals surface area contributed by atoms with Crippen molar-refractivity contribution in [3.63, 3.8) is 0 Å². The molecule has 2 aromatic rings. The molecule has 0 atom stereocenters. The van der Waals surface area contributed by atoms with Crippen LogP contribution in [0.3, 0.4) is 0 Å². The Bertz CT molecular complexity index is 606. The Kier molecular flexibility index (Phi) is 5.35. The molecule has 0 aromatic heterocycles. The quantitative estimate of drug-likeness (QED) is 0.486. The van der Waals surface area contributed by atoms with Crippen LogP contribution in [0.4, 0.5) is 0 Å². The van der Waals surface area contributed by atoms with E-state index >= 15 is 0 Å². The van der Waals surface area contributed by atoms with E-state index in [4.69, 9.17) is 15.1 Å². The van der Waals surface area contributed by atoms with Crippen molar-refractivity contribution in [2.75, 3.05) is 0 Å². The average Bonchev–Trinajstić information content (AvgIpc) is 2.55. The highest BCUT2D eigenvalue weighted by Gasteiger charge is 2.09. The van der Waals surface area contributed by atoms with E-state index in [-0.39, 0.29) is 6.61 Å². The molecule has 0 saturated carbocycles. The summed E-state index contributed by atoms with van der Waals surface area (Å²) in [6.07, 6.45) is 0.627. The van der Waals surface area contributed by atoms with Crippen LogP contribution in [-0.2, 0) is 13.2 Å². The summed E-state index contributed by atoms with van der Waals surface area (Å²) in [5, 5.41) is 21.4. The lowest BCUT2D eigenvalue weighted by Gasteiger charge is -2.12. The van der Waals surface area contributed by atoms with Crippen LogP contribution in [0.1, 0.15) is 30.0 Å². The van der Waals surface area contributed by atoms with Gasteiger partial charge in [0, 0.05) is 5.56 Å². The standard InChI is InChI=1S/C17H19NO3/c1-2-16(18-20)15-5-3-4-6-17(15)21-12-14-9-7-13(11-19)8-10-14/h3-10,19-20H,2,11-12H2,1H3/b18-16-. The fourth-order valence-electron chi connectivity index (χ4n) is 2.05. The third kappa shape index (κ3) is 3.83. The predicted molar refractivity (Wildman–Crippen MR) is 81.8 cm³/mol. The first-order valence-corrected chi connectivity index (χ1v) is 6.90. The molecule has 2 aromatic carbocycles. The molecule has 0 unspecified atom stereocenters. The number of aliphatic hydroxyl groups excluding tert-OH is 1. The molecular weight excluding hydrogens is 266 g/mol. The third-order valence-electron chi connectivity index (χ3n) is 3.25. The normalized spacial score (nSPS) is 11.4. The second-order valence-corrected chi connectivity index (χ2v) is 4.66. The lowest BCUT2D eigenvalue weighted by atomic mass is 10.1. The Hall–Kier alpha value is -2.33. The summed E-state index contributed by atoms with van der Waals surface area (Å²) >= 11 is 0. The fourth-order valence-corrected chi connectivity index (χ4v) is 2.05. The summed E-state index contributed by atoms with van der Waals surface area (Å²) in [7, 11) is 0. The number of hydrogen-bond acceptors (Lipinski definition) is 4. The molecule has 0 amide bonds. The maximum atomic E-state index is 9.06. The van der Waals surface area contributed by atoms with Crippen molar-refractivity contribution in [1.29, 1.82) is 0 Å². The van der Waals surface area contributed by atoms with Crippen molar-refractivity contribution in [3.8, 4) is 5.75 Å². The van der Waals surface area contributed by atoms with Crippen molar-refractivity contribution in [2.24, 2.45) is 5.16 Å². The minimum atomic E-state index is 0.0385. The Morgan fingerprint density at radius 1 is 1.05 bits per heavy atom. The summed E-state index contributed by atoms with van der Waals surface area (Å²) in [5.41, 5.74) is 3.29. The zero-order valence-electron chi connectivity index (χ0n) is 12.0. The molecule has 2 N–H and O–H groups in total. The highest BCUT2D eigenvalue weighted by Crippen LogP contribution is 2.21. The molecular formula is C17H19NO3. The SMILES string of the molecule is CC/C(=N/O)c1ccccc1OCc1ccc(CO)cc1. The van der Waals surface area contributed by atoms with Crippen LogP contribution in [0.15, 0.2) is 53.7 Å². The van der Waals surface area contributed by atoms with E-state index < -0.39 is 0 Å². The van der Waals surface area contributed by atoms with E-state index in [9.17, 15) is 0 Å². The van der Waals surface area contributed by atoms with Crippen LogP contribution in [0.5, 0.6) is 5.75 Å². The first kappa shape index (κ1) is 15.1. The molecule has 0 aliphatic carbocycles. The van der Waals surface area contributed by atoms with Gasteiger partial charge >= 0.3 is 0 Å². The van der Waals surface area contributed by atoms with Crippen molar-refractivity contribution >= 4 is 5.71 Å². The monoisotopic (exact) mass is 285 g/mol. The summed E-state index contributed by atoms with van der Waals surface area (Å²) < 4.78 is 5.83. The molecule has 2 rings (SSSR count). The number of para-hydroxylation sites is 1. The molecule has 0 heterocycles. The number of rotatable bonds is 6. The van der Waals surface area contributed by atoms with Gasteiger partial charge < -0.3 is 15.1 Å². The van der Waals surface area contributed by atoms with Crippen LogP contribution in [0, 0.1) is 0 Å². The van der Waals surface area contributed by atoms with Gasteiger partial charge in [0.2, 0.25) is 0 Å². The second kappa shape index (κ2) is 7.45. The van der Waals surface area contributed by atoms with Gasteiger partial charge in [-0.05, 0) is 29.7 Å². The Labute approximate surface area is 124 Å². The van der Waals surface area contributed by atoms with Gasteiger partial charge in [-0.15, -0.1) is 0 Å². The van der Waals surface area contributed by atoms with Gasteiger partial charge in [-0.3, -0.25) is 0 Å². The van der Waals surface area contributed by atoms with Gasteiger partial charge in [0.15, 0.2) is 0 Å². The number of aliphatic hydroxyl groups is 1. The van der Waals surface area contributed by atoms with Gasteiger partial charge in [0.25, 0.3) is 0 Å². The van der Waals surface area contributed by atoms with E-state index in [0.717, 1.165) is 16.7 Å². The predicted octanol–water partition coefficient (Wildman–Crippen LogP) is 3.35. The van der Waals surface area contributed by atoms with Gasteiger partial charge in [-0.2, -0.15) is 0 Å². The number of ether oxygens (including phenoxy) is 1. The zero-order chi connectivity index (χ0) is 15.1. The van der Waals surface area contributed by atoms with E-state index in [1.54, 1.807) is 0 Å². The van der Waals surface area contributed by atoms with Gasteiger partial charge in [-0.25, -0.2) is 0 Å². The molecule has 0 bridgehead atoms. The smallest absolute Gasteiger partial charge is 0.128 e. The largest absolute Gasteiger partial charge is 0.488 e. The minimum absolute atomic E-state index is 0.0385. The van der Waals surface area contributed by atoms with Crippen LogP contribution in [0.25, 0.3) is 0 Å². The third-order valence-corrected chi connectivity index (χ3v) is 3.25. The first-order chi connectivity index (χ1) is 10.3. The maximum Gasteiger partial charge on any atom is 0.128 e. The van der Waals surface area contributed by atoms with Crippen molar-refractivity contribution in [3.05, 3.63) is 65.2 Å². The van der Waals surface area contributed by atoms with Crippen LogP contribution < -0.4 is 4.74 Å². The minimum Gasteiger partial charge on any atom is -0.488 e. The second-order valence-electron chi connectivity index (χ2n) is 4.66. The summed E-state index contributed by atoms with van der Waals surface area (Å²) in [4.78, 5) is 0. The van der Waals surface area contributed by atoms with Crippen LogP contribution >= 0.6 is 0 Å². The molecule has 0 aliphatic rings. The molecule has 4 nitrogen and oxygen atoms in total. The van der Waals surface area contributed by atoms with Gasteiger partial charge in [0.1, 0.15) is 12.4 Å². The molecule has 0 fully saturated rings. The number of oxime groups is 1. The van der Waals surface area contributed by atoms with E-state index in [0.29, 0.717) is 24.5 Å². The van der Waals surface area contributed by atoms with E-state index in [1.807, 2.05) is 55.5 Å². The van der Waals surface area contributed by atoms with Crippen LogP contribution in [0.2, 0.25) is 0 Å². The van der Waals surface area contributed by atoms with Crippen molar-refractivity contribution in [2.45, 2.75) is 26.6 Å². The van der Waals surface area contributed by atoms with Crippen molar-refractivity contribution < 1.29 is 15.1 Å². The zero-order valence-corrected chi connectivity index (χ0v) is 12.0. The summed E-state index contributed by atoms with van der Waals surface area (Å²) in [6.45, 7) is 2.39. The molecule has 4 heteroatoms. The first-order valence-electron chi connectivity index (χ1n) is 6.90. The number of hydrogen-bond donors (Lipinski definition) is 2. The molecule has 0 aliphatic heterocycles. The lowest BCUT2D eigenvalue weighted by molar-refractivity contribution is 0.281. The topological polar surface area (TPSA) is 62.1 Å². The Balaban J connectivity index is 2.12. The number of nitrogens with zero attached hydrogens (tertiary/aromatic N) is 1. The lowest BCUT2D eigenvalue weighted by Crippen LogP contribution is -2.04. The maximum absolute atomic E-state index is 9.06. The van der Waals surface area contributed by atoms with E-state index in [2.05, 4.69) is 5.16 Å². The van der Waals surface area contributed by atoms with E-state index in [1.165, 1.54) is 0 Å². The molecule has 21 heavy (non-hydrogen) atoms. The van der Waals surface area contributed by atoms with Crippen molar-refractivity contribution in [1.82, 2.24) is 0 Å².